The number of piperidine rings is 1. The molecule has 0 aromatic heterocycles. The minimum atomic E-state index is -0.814. The number of nitriles is 1. The number of esters is 1. The average molecular weight is 267 g/mol. The van der Waals surface area contributed by atoms with Crippen LogP contribution in [-0.2, 0) is 19.1 Å². The van der Waals surface area contributed by atoms with Gasteiger partial charge < -0.3 is 15.0 Å². The molecule has 1 aliphatic heterocycles. The second kappa shape index (κ2) is 7.36. The molecule has 1 fully saturated rings. The summed E-state index contributed by atoms with van der Waals surface area (Å²) in [6, 6.07) is 1.72. The van der Waals surface area contributed by atoms with E-state index in [2.05, 4.69) is 5.32 Å². The maximum Gasteiger partial charge on any atom is 0.311 e. The monoisotopic (exact) mass is 267 g/mol. The Kier molecular flexibility index (Phi) is 5.79. The van der Waals surface area contributed by atoms with E-state index >= 15 is 0 Å². The maximum atomic E-state index is 11.8. The molecule has 0 bridgehead atoms. The van der Waals surface area contributed by atoms with Gasteiger partial charge in [0.15, 0.2) is 0 Å². The highest BCUT2D eigenvalue weighted by Crippen LogP contribution is 2.18. The lowest BCUT2D eigenvalue weighted by atomic mass is 9.98. The Balaban J connectivity index is 2.54. The third-order valence-electron chi connectivity index (χ3n) is 2.85. The molecule has 0 aromatic carbocycles. The van der Waals surface area contributed by atoms with Crippen LogP contribution in [0.3, 0.4) is 0 Å². The molecule has 7 nitrogen and oxygen atoms in total. The first-order valence-electron chi connectivity index (χ1n) is 6.20. The van der Waals surface area contributed by atoms with E-state index in [9.17, 15) is 14.4 Å². The Morgan fingerprint density at radius 1 is 1.47 bits per heavy atom. The standard InChI is InChI=1S/C12H17N3O4/c1-2-19-12(18)9-4-3-7-15(8-9)11(17)10(16)14-6-5-13/h9H,2-4,6-8H2,1H3,(H,14,16). The van der Waals surface area contributed by atoms with Gasteiger partial charge in [-0.2, -0.15) is 5.26 Å². The van der Waals surface area contributed by atoms with Crippen LogP contribution in [0.25, 0.3) is 0 Å². The van der Waals surface area contributed by atoms with Crippen molar-refractivity contribution in [1.29, 1.82) is 5.26 Å². The minimum Gasteiger partial charge on any atom is -0.466 e. The van der Waals surface area contributed by atoms with E-state index in [0.29, 0.717) is 26.0 Å². The van der Waals surface area contributed by atoms with Crippen molar-refractivity contribution >= 4 is 17.8 Å². The van der Waals surface area contributed by atoms with E-state index in [1.54, 1.807) is 13.0 Å². The van der Waals surface area contributed by atoms with Crippen LogP contribution in [-0.4, -0.2) is 48.9 Å². The van der Waals surface area contributed by atoms with E-state index < -0.39 is 11.8 Å². The first-order valence-corrected chi connectivity index (χ1v) is 6.20. The Morgan fingerprint density at radius 2 is 2.21 bits per heavy atom. The number of hydrogen-bond donors (Lipinski definition) is 1. The topological polar surface area (TPSA) is 99.5 Å². The van der Waals surface area contributed by atoms with Crippen molar-refractivity contribution in [3.05, 3.63) is 0 Å². The van der Waals surface area contributed by atoms with Gasteiger partial charge in [0.25, 0.3) is 0 Å². The third-order valence-corrected chi connectivity index (χ3v) is 2.85. The molecule has 0 saturated carbocycles. The van der Waals surface area contributed by atoms with Gasteiger partial charge in [-0.25, -0.2) is 0 Å². The summed E-state index contributed by atoms with van der Waals surface area (Å²) in [4.78, 5) is 36.2. The number of amides is 2. The number of nitrogens with zero attached hydrogens (tertiary/aromatic N) is 2. The van der Waals surface area contributed by atoms with Gasteiger partial charge in [0.2, 0.25) is 0 Å². The van der Waals surface area contributed by atoms with Crippen LogP contribution in [0.2, 0.25) is 0 Å². The second-order valence-corrected chi connectivity index (χ2v) is 4.18. The van der Waals surface area contributed by atoms with Gasteiger partial charge in [0.05, 0.1) is 18.6 Å². The van der Waals surface area contributed by atoms with Crippen molar-refractivity contribution in [2.45, 2.75) is 19.8 Å². The normalized spacial score (nSPS) is 18.3. The summed E-state index contributed by atoms with van der Waals surface area (Å²) in [5, 5.41) is 10.5. The lowest BCUT2D eigenvalue weighted by Gasteiger charge is -2.30. The molecule has 7 heteroatoms. The fourth-order valence-electron chi connectivity index (χ4n) is 1.95. The molecule has 1 aliphatic rings. The van der Waals surface area contributed by atoms with E-state index in [1.165, 1.54) is 4.90 Å². The highest BCUT2D eigenvalue weighted by atomic mass is 16.5. The van der Waals surface area contributed by atoms with Crippen LogP contribution in [0.4, 0.5) is 0 Å². The largest absolute Gasteiger partial charge is 0.466 e. The molecular weight excluding hydrogens is 250 g/mol. The summed E-state index contributed by atoms with van der Waals surface area (Å²) in [7, 11) is 0. The van der Waals surface area contributed by atoms with Gasteiger partial charge in [-0.1, -0.05) is 0 Å². The Morgan fingerprint density at radius 3 is 2.84 bits per heavy atom. The molecule has 0 radical (unpaired) electrons. The summed E-state index contributed by atoms with van der Waals surface area (Å²) in [6.45, 7) is 2.44. The van der Waals surface area contributed by atoms with Gasteiger partial charge in [0, 0.05) is 13.1 Å². The van der Waals surface area contributed by atoms with Gasteiger partial charge in [0.1, 0.15) is 6.54 Å². The van der Waals surface area contributed by atoms with Crippen LogP contribution in [0.5, 0.6) is 0 Å². The Hall–Kier alpha value is -2.10. The number of ether oxygens (including phenoxy) is 1. The van der Waals surface area contributed by atoms with Gasteiger partial charge in [-0.05, 0) is 19.8 Å². The number of hydrogen-bond acceptors (Lipinski definition) is 5. The van der Waals surface area contributed by atoms with Crippen LogP contribution in [0.1, 0.15) is 19.8 Å². The number of likely N-dealkylation sites (tertiary alicyclic amines) is 1. The maximum absolute atomic E-state index is 11.8. The number of carbonyl (C=O) groups is 3. The average Bonchev–Trinajstić information content (AvgIpc) is 2.44. The van der Waals surface area contributed by atoms with Crippen LogP contribution >= 0.6 is 0 Å². The number of rotatable bonds is 3. The van der Waals surface area contributed by atoms with E-state index in [1.807, 2.05) is 0 Å². The van der Waals surface area contributed by atoms with Gasteiger partial charge >= 0.3 is 17.8 Å². The summed E-state index contributed by atoms with van der Waals surface area (Å²) in [5.74, 6) is -2.23. The van der Waals surface area contributed by atoms with Crippen molar-refractivity contribution in [1.82, 2.24) is 10.2 Å². The van der Waals surface area contributed by atoms with Crippen molar-refractivity contribution in [2.75, 3.05) is 26.2 Å². The Labute approximate surface area is 111 Å². The molecule has 2 amide bonds. The molecule has 1 rings (SSSR count). The van der Waals surface area contributed by atoms with Crippen LogP contribution in [0.15, 0.2) is 0 Å². The molecule has 0 spiro atoms. The van der Waals surface area contributed by atoms with Crippen molar-refractivity contribution in [3.8, 4) is 6.07 Å². The lowest BCUT2D eigenvalue weighted by molar-refractivity contribution is -0.153. The van der Waals surface area contributed by atoms with E-state index in [-0.39, 0.29) is 25.0 Å². The first-order chi connectivity index (χ1) is 9.10. The molecule has 19 heavy (non-hydrogen) atoms. The summed E-state index contributed by atoms with van der Waals surface area (Å²) in [5.41, 5.74) is 0. The highest BCUT2D eigenvalue weighted by Gasteiger charge is 2.31. The first kappa shape index (κ1) is 15.0. The fourth-order valence-corrected chi connectivity index (χ4v) is 1.95. The zero-order valence-electron chi connectivity index (χ0n) is 10.8. The molecule has 1 unspecified atom stereocenters. The molecule has 104 valence electrons. The molecule has 1 saturated heterocycles. The molecule has 1 N–H and O–H groups in total. The van der Waals surface area contributed by atoms with Gasteiger partial charge in [-0.3, -0.25) is 14.4 Å². The summed E-state index contributed by atoms with van der Waals surface area (Å²) >= 11 is 0. The fraction of sp³-hybridized carbons (Fsp3) is 0.667. The van der Waals surface area contributed by atoms with Crippen molar-refractivity contribution in [2.24, 2.45) is 5.92 Å². The molecule has 1 heterocycles. The van der Waals surface area contributed by atoms with Gasteiger partial charge in [-0.15, -0.1) is 0 Å². The smallest absolute Gasteiger partial charge is 0.311 e. The zero-order valence-corrected chi connectivity index (χ0v) is 10.8. The number of carbonyl (C=O) groups excluding carboxylic acids is 3. The SMILES string of the molecule is CCOC(=O)C1CCCN(C(=O)C(=O)NCC#N)C1. The summed E-state index contributed by atoms with van der Waals surface area (Å²) < 4.78 is 4.91. The summed E-state index contributed by atoms with van der Waals surface area (Å²) in [6.07, 6.45) is 1.31. The minimum absolute atomic E-state index is 0.192. The molecule has 0 aromatic rings. The predicted octanol–water partition coefficient (Wildman–Crippen LogP) is -0.572. The highest BCUT2D eigenvalue weighted by molar-refractivity contribution is 6.35. The Bertz CT molecular complexity index is 402. The van der Waals surface area contributed by atoms with Crippen LogP contribution in [0, 0.1) is 17.2 Å². The molecule has 0 aliphatic carbocycles. The van der Waals surface area contributed by atoms with Crippen LogP contribution < -0.4 is 5.32 Å². The van der Waals surface area contributed by atoms with Crippen molar-refractivity contribution in [3.63, 3.8) is 0 Å². The molecular formula is C12H17N3O4. The van der Waals surface area contributed by atoms with E-state index in [0.717, 1.165) is 0 Å². The quantitative estimate of drug-likeness (QED) is 0.419. The lowest BCUT2D eigenvalue weighted by Crippen LogP contribution is -2.48. The van der Waals surface area contributed by atoms with Crippen molar-refractivity contribution < 1.29 is 19.1 Å². The van der Waals surface area contributed by atoms with E-state index in [4.69, 9.17) is 10.00 Å². The second-order valence-electron chi connectivity index (χ2n) is 4.18. The zero-order chi connectivity index (χ0) is 14.3. The molecule has 1 atom stereocenters. The predicted molar refractivity (Wildman–Crippen MR) is 64.6 cm³/mol. The number of nitrogens with one attached hydrogen (secondary N) is 1. The third kappa shape index (κ3) is 4.25.